The van der Waals surface area contributed by atoms with Gasteiger partial charge in [0.25, 0.3) is 0 Å². The topological polar surface area (TPSA) is 82.1 Å². The fourth-order valence-corrected chi connectivity index (χ4v) is 3.35. The molecule has 0 saturated carbocycles. The molecule has 132 valence electrons. The molecule has 0 atom stereocenters. The second kappa shape index (κ2) is 8.01. The van der Waals surface area contributed by atoms with Crippen LogP contribution in [0.15, 0.2) is 59.6 Å². The third-order valence-corrected chi connectivity index (χ3v) is 4.84. The van der Waals surface area contributed by atoms with Crippen molar-refractivity contribution in [3.05, 3.63) is 71.3 Å². The molecule has 1 N–H and O–H groups in total. The maximum absolute atomic E-state index is 12.0. The molecule has 2 aromatic carbocycles. The van der Waals surface area contributed by atoms with Gasteiger partial charge in [-0.15, -0.1) is 0 Å². The summed E-state index contributed by atoms with van der Waals surface area (Å²) < 4.78 is 0. The number of aryl methyl sites for hydroxylation is 1. The summed E-state index contributed by atoms with van der Waals surface area (Å²) in [7, 11) is 0. The minimum atomic E-state index is -1.21. The highest BCUT2D eigenvalue weighted by Gasteiger charge is 2.07. The number of carboxylic acids is 1. The summed E-state index contributed by atoms with van der Waals surface area (Å²) in [6, 6.07) is 16.2. The molecule has 0 radical (unpaired) electrons. The largest absolute Gasteiger partial charge is 0.545 e. The summed E-state index contributed by atoms with van der Waals surface area (Å²) in [6.07, 6.45) is 0. The number of rotatable bonds is 6. The summed E-state index contributed by atoms with van der Waals surface area (Å²) in [5, 5.41) is 15.5. The Morgan fingerprint density at radius 3 is 2.58 bits per heavy atom. The molecule has 0 aliphatic carbocycles. The number of aromatic nitrogens is 1. The standard InChI is InChI=1S/C20H18N2O3S/c1-13-10-19(22-17-5-3-2-4-16(13)17)26-12-18(23)21-11-14-6-8-15(9-7-14)20(24)25/h2-10H,11-12H2,1H3,(H,21,23)(H,24,25)/p-1. The van der Waals surface area contributed by atoms with E-state index in [9.17, 15) is 14.7 Å². The molecule has 0 fully saturated rings. The van der Waals surface area contributed by atoms with Crippen molar-refractivity contribution in [1.82, 2.24) is 10.3 Å². The van der Waals surface area contributed by atoms with Gasteiger partial charge in [0.05, 0.1) is 22.3 Å². The first kappa shape index (κ1) is 17.9. The van der Waals surface area contributed by atoms with Crippen LogP contribution >= 0.6 is 11.8 Å². The van der Waals surface area contributed by atoms with E-state index in [2.05, 4.69) is 10.3 Å². The van der Waals surface area contributed by atoms with Crippen molar-refractivity contribution in [2.24, 2.45) is 0 Å². The van der Waals surface area contributed by atoms with E-state index in [-0.39, 0.29) is 17.2 Å². The van der Waals surface area contributed by atoms with E-state index >= 15 is 0 Å². The quantitative estimate of drug-likeness (QED) is 0.678. The van der Waals surface area contributed by atoms with Gasteiger partial charge >= 0.3 is 0 Å². The number of aromatic carboxylic acids is 1. The van der Waals surface area contributed by atoms with Crippen LogP contribution < -0.4 is 10.4 Å². The van der Waals surface area contributed by atoms with E-state index in [0.29, 0.717) is 6.54 Å². The first-order valence-corrected chi connectivity index (χ1v) is 9.07. The van der Waals surface area contributed by atoms with Gasteiger partial charge < -0.3 is 15.2 Å². The van der Waals surface area contributed by atoms with Crippen molar-refractivity contribution >= 4 is 34.5 Å². The highest BCUT2D eigenvalue weighted by molar-refractivity contribution is 7.99. The van der Waals surface area contributed by atoms with Crippen LogP contribution in [0, 0.1) is 6.92 Å². The number of benzene rings is 2. The Morgan fingerprint density at radius 2 is 1.85 bits per heavy atom. The van der Waals surface area contributed by atoms with Gasteiger partial charge in [-0.1, -0.05) is 54.2 Å². The zero-order chi connectivity index (χ0) is 18.5. The average Bonchev–Trinajstić information content (AvgIpc) is 2.65. The summed E-state index contributed by atoms with van der Waals surface area (Å²) in [5.41, 5.74) is 3.00. The minimum absolute atomic E-state index is 0.105. The molecule has 0 saturated heterocycles. The Bertz CT molecular complexity index is 955. The number of para-hydroxylation sites is 1. The smallest absolute Gasteiger partial charge is 0.230 e. The molecular formula is C20H17N2O3S-. The molecule has 26 heavy (non-hydrogen) atoms. The van der Waals surface area contributed by atoms with Crippen LogP contribution in [-0.4, -0.2) is 22.6 Å². The van der Waals surface area contributed by atoms with Crippen LogP contribution in [0.2, 0.25) is 0 Å². The first-order chi connectivity index (χ1) is 12.5. The molecule has 6 heteroatoms. The van der Waals surface area contributed by atoms with E-state index in [1.54, 1.807) is 12.1 Å². The number of carbonyl (C=O) groups excluding carboxylic acids is 2. The van der Waals surface area contributed by atoms with Gasteiger partial charge in [0.2, 0.25) is 5.91 Å². The molecule has 0 bridgehead atoms. The maximum atomic E-state index is 12.0. The summed E-state index contributed by atoms with van der Waals surface area (Å²) in [6.45, 7) is 2.38. The fraction of sp³-hybridized carbons (Fsp3) is 0.150. The van der Waals surface area contributed by atoms with Crippen LogP contribution in [0.5, 0.6) is 0 Å². The van der Waals surface area contributed by atoms with Gasteiger partial charge in [0.1, 0.15) is 0 Å². The second-order valence-corrected chi connectivity index (χ2v) is 6.84. The van der Waals surface area contributed by atoms with E-state index in [1.807, 2.05) is 37.3 Å². The second-order valence-electron chi connectivity index (χ2n) is 5.84. The van der Waals surface area contributed by atoms with Crippen molar-refractivity contribution in [2.45, 2.75) is 18.5 Å². The number of fused-ring (bicyclic) bond motifs is 1. The van der Waals surface area contributed by atoms with E-state index in [4.69, 9.17) is 0 Å². The summed E-state index contributed by atoms with van der Waals surface area (Å²) in [5.74, 6) is -1.05. The number of amides is 1. The SMILES string of the molecule is Cc1cc(SCC(=O)NCc2ccc(C(=O)[O-])cc2)nc2ccccc12. The summed E-state index contributed by atoms with van der Waals surface area (Å²) in [4.78, 5) is 27.3. The molecular weight excluding hydrogens is 348 g/mol. The zero-order valence-electron chi connectivity index (χ0n) is 14.2. The molecule has 1 aromatic heterocycles. The lowest BCUT2D eigenvalue weighted by Crippen LogP contribution is -2.25. The minimum Gasteiger partial charge on any atom is -0.545 e. The highest BCUT2D eigenvalue weighted by Crippen LogP contribution is 2.23. The zero-order valence-corrected chi connectivity index (χ0v) is 15.0. The van der Waals surface area contributed by atoms with Crippen LogP contribution in [0.3, 0.4) is 0 Å². The predicted molar refractivity (Wildman–Crippen MR) is 99.8 cm³/mol. The lowest BCUT2D eigenvalue weighted by molar-refractivity contribution is -0.255. The van der Waals surface area contributed by atoms with Crippen molar-refractivity contribution in [3.8, 4) is 0 Å². The number of hydrogen-bond donors (Lipinski definition) is 1. The lowest BCUT2D eigenvalue weighted by Gasteiger charge is -2.08. The molecule has 0 aliphatic rings. The number of nitrogens with one attached hydrogen (secondary N) is 1. The molecule has 3 aromatic rings. The Labute approximate surface area is 155 Å². The maximum Gasteiger partial charge on any atom is 0.230 e. The lowest BCUT2D eigenvalue weighted by atomic mass is 10.1. The number of pyridine rings is 1. The molecule has 1 amide bonds. The Morgan fingerprint density at radius 1 is 1.12 bits per heavy atom. The van der Waals surface area contributed by atoms with Crippen molar-refractivity contribution in [3.63, 3.8) is 0 Å². The van der Waals surface area contributed by atoms with Crippen molar-refractivity contribution < 1.29 is 14.7 Å². The van der Waals surface area contributed by atoms with Crippen LogP contribution in [0.1, 0.15) is 21.5 Å². The highest BCUT2D eigenvalue weighted by atomic mass is 32.2. The van der Waals surface area contributed by atoms with Crippen LogP contribution in [0.25, 0.3) is 10.9 Å². The third-order valence-electron chi connectivity index (χ3n) is 3.93. The van der Waals surface area contributed by atoms with Crippen LogP contribution in [-0.2, 0) is 11.3 Å². The Kier molecular flexibility index (Phi) is 5.53. The van der Waals surface area contributed by atoms with E-state index in [1.165, 1.54) is 23.9 Å². The van der Waals surface area contributed by atoms with Gasteiger partial charge in [-0.3, -0.25) is 4.79 Å². The van der Waals surface area contributed by atoms with E-state index < -0.39 is 5.97 Å². The summed E-state index contributed by atoms with van der Waals surface area (Å²) >= 11 is 1.39. The Balaban J connectivity index is 1.55. The predicted octanol–water partition coefficient (Wildman–Crippen LogP) is 2.32. The molecule has 3 rings (SSSR count). The van der Waals surface area contributed by atoms with Crippen molar-refractivity contribution in [1.29, 1.82) is 0 Å². The molecule has 0 spiro atoms. The van der Waals surface area contributed by atoms with Gasteiger partial charge in [-0.25, -0.2) is 4.98 Å². The first-order valence-electron chi connectivity index (χ1n) is 8.09. The Hall–Kier alpha value is -2.86. The normalized spacial score (nSPS) is 10.7. The van der Waals surface area contributed by atoms with Gasteiger partial charge in [-0.2, -0.15) is 0 Å². The average molecular weight is 365 g/mol. The number of thioether (sulfide) groups is 1. The van der Waals surface area contributed by atoms with Gasteiger partial charge in [0, 0.05) is 11.9 Å². The van der Waals surface area contributed by atoms with Gasteiger partial charge in [-0.05, 0) is 35.7 Å². The van der Waals surface area contributed by atoms with Crippen molar-refractivity contribution in [2.75, 3.05) is 5.75 Å². The van der Waals surface area contributed by atoms with E-state index in [0.717, 1.165) is 27.1 Å². The monoisotopic (exact) mass is 365 g/mol. The molecule has 0 unspecified atom stereocenters. The molecule has 1 heterocycles. The number of nitrogens with zero attached hydrogens (tertiary/aromatic N) is 1. The van der Waals surface area contributed by atoms with Crippen LogP contribution in [0.4, 0.5) is 0 Å². The fourth-order valence-electron chi connectivity index (χ4n) is 2.54. The number of carboxylic acid groups (broad SMARTS) is 1. The third kappa shape index (κ3) is 4.40. The van der Waals surface area contributed by atoms with Gasteiger partial charge in [0.15, 0.2) is 0 Å². The molecule has 0 aliphatic heterocycles. The number of carbonyl (C=O) groups is 2. The molecule has 5 nitrogen and oxygen atoms in total. The number of hydrogen-bond acceptors (Lipinski definition) is 5.